The smallest absolute Gasteiger partial charge is 0.338 e. The number of amides is 3. The van der Waals surface area contributed by atoms with Crippen LogP contribution in [0.5, 0.6) is 0 Å². The van der Waals surface area contributed by atoms with E-state index in [9.17, 15) is 14.4 Å². The Morgan fingerprint density at radius 2 is 1.64 bits per heavy atom. The number of urea groups is 1. The van der Waals surface area contributed by atoms with Crippen LogP contribution in [0.3, 0.4) is 0 Å². The van der Waals surface area contributed by atoms with Crippen molar-refractivity contribution in [2.45, 2.75) is 39.7 Å². The van der Waals surface area contributed by atoms with Crippen LogP contribution in [0, 0.1) is 0 Å². The highest BCUT2D eigenvalue weighted by atomic mass is 35.5. The summed E-state index contributed by atoms with van der Waals surface area (Å²) in [4.78, 5) is 45.2. The molecule has 2 aromatic rings. The second-order valence-corrected chi connectivity index (χ2v) is 10.5. The Bertz CT molecular complexity index is 1220. The van der Waals surface area contributed by atoms with Crippen molar-refractivity contribution in [3.8, 4) is 0 Å². The first-order valence-electron chi connectivity index (χ1n) is 13.6. The van der Waals surface area contributed by atoms with E-state index in [0.717, 1.165) is 5.56 Å². The lowest BCUT2D eigenvalue weighted by Gasteiger charge is -2.40. The van der Waals surface area contributed by atoms with Crippen LogP contribution in [0.15, 0.2) is 59.8 Å². The number of rotatable bonds is 8. The number of likely N-dealkylation sites (N-methyl/N-ethyl adjacent to an activating group) is 1. The van der Waals surface area contributed by atoms with Gasteiger partial charge in [0.1, 0.15) is 0 Å². The number of carbonyl (C=O) groups excluding carboxylic acids is 3. The Kier molecular flexibility index (Phi) is 9.30. The fourth-order valence-electron chi connectivity index (χ4n) is 5.08. The van der Waals surface area contributed by atoms with E-state index in [1.807, 2.05) is 36.1 Å². The summed E-state index contributed by atoms with van der Waals surface area (Å²) in [5.74, 6) is -0.0910. The second kappa shape index (κ2) is 12.7. The number of hydrogen-bond acceptors (Lipinski definition) is 5. The molecule has 0 spiro atoms. The third-order valence-corrected chi connectivity index (χ3v) is 7.56. The van der Waals surface area contributed by atoms with Gasteiger partial charge in [-0.1, -0.05) is 49.7 Å². The number of hydrogen-bond donors (Lipinski definition) is 1. The molecule has 0 bridgehead atoms. The Balaban J connectivity index is 1.59. The van der Waals surface area contributed by atoms with Crippen LogP contribution >= 0.6 is 11.6 Å². The number of benzene rings is 2. The lowest BCUT2D eigenvalue weighted by molar-refractivity contribution is -0.139. The van der Waals surface area contributed by atoms with Crippen LogP contribution in [-0.2, 0) is 9.53 Å². The molecule has 3 amide bonds. The van der Waals surface area contributed by atoms with Gasteiger partial charge in [0.2, 0.25) is 0 Å². The van der Waals surface area contributed by atoms with E-state index >= 15 is 0 Å². The van der Waals surface area contributed by atoms with Crippen LogP contribution in [0.25, 0.3) is 0 Å². The van der Waals surface area contributed by atoms with E-state index in [2.05, 4.69) is 24.1 Å². The van der Waals surface area contributed by atoms with Crippen molar-refractivity contribution < 1.29 is 19.1 Å². The highest BCUT2D eigenvalue weighted by Crippen LogP contribution is 2.33. The summed E-state index contributed by atoms with van der Waals surface area (Å²) in [5.41, 5.74) is 3.73. The quantitative estimate of drug-likeness (QED) is 0.475. The molecule has 0 radical (unpaired) electrons. The summed E-state index contributed by atoms with van der Waals surface area (Å²) in [7, 11) is 0. The van der Waals surface area contributed by atoms with Crippen molar-refractivity contribution in [3.63, 3.8) is 0 Å². The number of nitrogens with one attached hydrogen (secondary N) is 1. The number of ether oxygens (including phenoxy) is 1. The van der Waals surface area contributed by atoms with E-state index < -0.39 is 12.0 Å². The van der Waals surface area contributed by atoms with Gasteiger partial charge >= 0.3 is 12.0 Å². The second-order valence-electron chi connectivity index (χ2n) is 10.1. The van der Waals surface area contributed by atoms with Gasteiger partial charge in [-0.2, -0.15) is 0 Å². The molecule has 4 rings (SSSR count). The Morgan fingerprint density at radius 3 is 2.21 bits per heavy atom. The molecule has 1 unspecified atom stereocenters. The van der Waals surface area contributed by atoms with Crippen molar-refractivity contribution in [1.82, 2.24) is 20.0 Å². The minimum absolute atomic E-state index is 0.0325. The molecule has 1 fully saturated rings. The highest BCUT2D eigenvalue weighted by Gasteiger charge is 2.38. The van der Waals surface area contributed by atoms with Crippen LogP contribution in [0.2, 0.25) is 5.02 Å². The van der Waals surface area contributed by atoms with E-state index in [-0.39, 0.29) is 18.5 Å². The maximum atomic E-state index is 13.4. The lowest BCUT2D eigenvalue weighted by atomic mass is 9.92. The van der Waals surface area contributed by atoms with Gasteiger partial charge in [-0.15, -0.1) is 0 Å². The number of carbonyl (C=O) groups is 3. The molecule has 0 saturated carbocycles. The topological polar surface area (TPSA) is 82.2 Å². The van der Waals surface area contributed by atoms with Crippen molar-refractivity contribution in [2.24, 2.45) is 0 Å². The zero-order chi connectivity index (χ0) is 28.1. The van der Waals surface area contributed by atoms with Gasteiger partial charge in [-0.3, -0.25) is 14.6 Å². The fourth-order valence-corrected chi connectivity index (χ4v) is 5.20. The molecule has 9 heteroatoms. The van der Waals surface area contributed by atoms with Crippen molar-refractivity contribution in [3.05, 3.63) is 81.5 Å². The number of piperazine rings is 1. The largest absolute Gasteiger partial charge is 0.463 e. The molecule has 0 aliphatic carbocycles. The summed E-state index contributed by atoms with van der Waals surface area (Å²) in [6.45, 7) is 11.3. The minimum atomic E-state index is -0.608. The van der Waals surface area contributed by atoms with Crippen molar-refractivity contribution in [1.29, 1.82) is 0 Å². The average molecular weight is 553 g/mol. The first kappa shape index (κ1) is 28.6. The van der Waals surface area contributed by atoms with Gasteiger partial charge in [0.15, 0.2) is 0 Å². The van der Waals surface area contributed by atoms with E-state index in [1.165, 1.54) is 5.56 Å². The molecule has 1 saturated heterocycles. The van der Waals surface area contributed by atoms with Gasteiger partial charge in [0.05, 0.1) is 18.2 Å². The molecule has 2 aliphatic rings. The third-order valence-electron chi connectivity index (χ3n) is 7.31. The van der Waals surface area contributed by atoms with Gasteiger partial charge in [-0.25, -0.2) is 9.59 Å². The lowest BCUT2D eigenvalue weighted by Crippen LogP contribution is -2.53. The molecule has 8 nitrogen and oxygen atoms in total. The zero-order valence-electron chi connectivity index (χ0n) is 23.1. The van der Waals surface area contributed by atoms with Gasteiger partial charge in [-0.05, 0) is 55.2 Å². The van der Waals surface area contributed by atoms with Crippen LogP contribution in [-0.4, -0.2) is 78.5 Å². The maximum Gasteiger partial charge on any atom is 0.338 e. The van der Waals surface area contributed by atoms with Gasteiger partial charge < -0.3 is 15.0 Å². The normalized spacial score (nSPS) is 18.4. The van der Waals surface area contributed by atoms with Gasteiger partial charge in [0, 0.05) is 55.6 Å². The molecule has 0 aromatic heterocycles. The van der Waals surface area contributed by atoms with E-state index in [1.54, 1.807) is 36.1 Å². The monoisotopic (exact) mass is 552 g/mol. The van der Waals surface area contributed by atoms with Crippen molar-refractivity contribution in [2.75, 3.05) is 45.9 Å². The Hall–Kier alpha value is -3.36. The van der Waals surface area contributed by atoms with Crippen LogP contribution in [0.1, 0.15) is 61.1 Å². The van der Waals surface area contributed by atoms with E-state index in [4.69, 9.17) is 16.3 Å². The molecule has 2 aliphatic heterocycles. The predicted octanol–water partition coefficient (Wildman–Crippen LogP) is 4.82. The SMILES string of the molecule is CCOC(=O)C1=C(CN2CCN(C(=O)c3ccc(Cl)cc3)CC2)N(CC)C(=O)NC1c1ccc(C(C)C)cc1. The van der Waals surface area contributed by atoms with Crippen molar-refractivity contribution >= 4 is 29.5 Å². The number of esters is 1. The predicted molar refractivity (Wildman–Crippen MR) is 152 cm³/mol. The molecule has 1 N–H and O–H groups in total. The van der Waals surface area contributed by atoms with Gasteiger partial charge in [0.25, 0.3) is 5.91 Å². The molecule has 39 heavy (non-hydrogen) atoms. The maximum absolute atomic E-state index is 13.4. The standard InChI is InChI=1S/C30H37ClN4O4/c1-5-35-25(19-33-15-17-34(18-16-33)28(36)23-11-13-24(31)14-12-23)26(29(37)39-6-2)27(32-30(35)38)22-9-7-21(8-10-22)20(3)4/h7-14,20,27H,5-6,15-19H2,1-4H3,(H,32,38). The summed E-state index contributed by atoms with van der Waals surface area (Å²) in [5, 5.41) is 3.62. The number of halogens is 1. The third kappa shape index (κ3) is 6.45. The summed E-state index contributed by atoms with van der Waals surface area (Å²) in [6.07, 6.45) is 0. The minimum Gasteiger partial charge on any atom is -0.463 e. The summed E-state index contributed by atoms with van der Waals surface area (Å²) >= 11 is 5.97. The average Bonchev–Trinajstić information content (AvgIpc) is 2.93. The van der Waals surface area contributed by atoms with Crippen LogP contribution < -0.4 is 5.32 Å². The summed E-state index contributed by atoms with van der Waals surface area (Å²) < 4.78 is 5.49. The first-order chi connectivity index (χ1) is 18.7. The first-order valence-corrected chi connectivity index (χ1v) is 14.0. The highest BCUT2D eigenvalue weighted by molar-refractivity contribution is 6.30. The van der Waals surface area contributed by atoms with E-state index in [0.29, 0.717) is 67.0 Å². The summed E-state index contributed by atoms with van der Waals surface area (Å²) in [6, 6.07) is 14.1. The molecule has 2 heterocycles. The molecule has 2 aromatic carbocycles. The molecule has 208 valence electrons. The Labute approximate surface area is 235 Å². The molecular formula is C30H37ClN4O4. The molecule has 1 atom stereocenters. The zero-order valence-corrected chi connectivity index (χ0v) is 23.8. The number of nitrogens with zero attached hydrogens (tertiary/aromatic N) is 3. The molecular weight excluding hydrogens is 516 g/mol. The van der Waals surface area contributed by atoms with Crippen LogP contribution in [0.4, 0.5) is 4.79 Å². The Morgan fingerprint density at radius 1 is 1.00 bits per heavy atom. The fraction of sp³-hybridized carbons (Fsp3) is 0.433.